The second kappa shape index (κ2) is 8.37. The first-order valence-electron chi connectivity index (χ1n) is 6.64. The Bertz CT molecular complexity index is 681. The van der Waals surface area contributed by atoms with Crippen molar-refractivity contribution < 1.29 is 17.9 Å². The number of carbonyl (C=O) groups excluding carboxylic acids is 1. The molecule has 0 aromatic heterocycles. The van der Waals surface area contributed by atoms with Gasteiger partial charge in [0.2, 0.25) is 10.0 Å². The number of hydrogen-bond acceptors (Lipinski definition) is 4. The predicted octanol–water partition coefficient (Wildman–Crippen LogP) is 1.74. The van der Waals surface area contributed by atoms with Crippen LogP contribution in [0, 0.1) is 18.8 Å². The molecule has 0 fully saturated rings. The highest BCUT2D eigenvalue weighted by Gasteiger charge is 2.22. The molecule has 0 spiro atoms. The summed E-state index contributed by atoms with van der Waals surface area (Å²) in [5.74, 6) is 4.86. The molecule has 6 heteroatoms. The monoisotopic (exact) mass is 321 g/mol. The number of sulfonamides is 1. The van der Waals surface area contributed by atoms with Crippen molar-refractivity contribution in [3.63, 3.8) is 0 Å². The van der Waals surface area contributed by atoms with Crippen molar-refractivity contribution in [3.05, 3.63) is 42.5 Å². The van der Waals surface area contributed by atoms with E-state index in [0.29, 0.717) is 0 Å². The molecular weight excluding hydrogens is 302 g/mol. The van der Waals surface area contributed by atoms with Crippen molar-refractivity contribution in [2.45, 2.75) is 18.7 Å². The smallest absolute Gasteiger partial charge is 0.303 e. The highest BCUT2D eigenvalue weighted by Crippen LogP contribution is 2.15. The largest absolute Gasteiger partial charge is 0.453 e. The van der Waals surface area contributed by atoms with Gasteiger partial charge in [0.25, 0.3) is 0 Å². The maximum Gasteiger partial charge on any atom is 0.303 e. The molecule has 0 N–H and O–H groups in total. The fourth-order valence-corrected chi connectivity index (χ4v) is 2.90. The van der Waals surface area contributed by atoms with Crippen LogP contribution in [0.2, 0.25) is 0 Å². The fraction of sp³-hybridized carbons (Fsp3) is 0.312. The average molecular weight is 321 g/mol. The summed E-state index contributed by atoms with van der Waals surface area (Å²) in [6.45, 7) is 6.84. The van der Waals surface area contributed by atoms with E-state index < -0.39 is 16.0 Å². The third-order valence-electron chi connectivity index (χ3n) is 2.72. The van der Waals surface area contributed by atoms with Gasteiger partial charge < -0.3 is 4.74 Å². The van der Waals surface area contributed by atoms with Gasteiger partial charge in [0.15, 0.2) is 6.61 Å². The molecular formula is C16H19NO4S. The Morgan fingerprint density at radius 3 is 2.50 bits per heavy atom. The van der Waals surface area contributed by atoms with Crippen molar-refractivity contribution in [1.29, 1.82) is 0 Å². The van der Waals surface area contributed by atoms with Gasteiger partial charge in [-0.2, -0.15) is 4.31 Å². The van der Waals surface area contributed by atoms with E-state index in [4.69, 9.17) is 0 Å². The summed E-state index contributed by atoms with van der Waals surface area (Å²) in [4.78, 5) is 10.8. The molecule has 1 aromatic carbocycles. The van der Waals surface area contributed by atoms with E-state index in [9.17, 15) is 13.2 Å². The first kappa shape index (κ1) is 18.0. The van der Waals surface area contributed by atoms with Crippen molar-refractivity contribution in [3.8, 4) is 11.8 Å². The minimum Gasteiger partial charge on any atom is -0.453 e. The molecule has 118 valence electrons. The van der Waals surface area contributed by atoms with Gasteiger partial charge in [-0.15, -0.1) is 6.58 Å². The highest BCUT2D eigenvalue weighted by atomic mass is 32.2. The zero-order valence-electron chi connectivity index (χ0n) is 12.7. The molecule has 0 aliphatic carbocycles. The van der Waals surface area contributed by atoms with Crippen LogP contribution in [0.3, 0.4) is 0 Å². The number of hydrogen-bond donors (Lipinski definition) is 0. The molecule has 0 bridgehead atoms. The van der Waals surface area contributed by atoms with Gasteiger partial charge in [-0.1, -0.05) is 35.6 Å². The summed E-state index contributed by atoms with van der Waals surface area (Å²) in [5, 5.41) is 0. The van der Waals surface area contributed by atoms with Crippen LogP contribution in [0.15, 0.2) is 41.8 Å². The number of esters is 1. The Balaban J connectivity index is 2.86. The Morgan fingerprint density at radius 2 is 1.95 bits per heavy atom. The number of carbonyl (C=O) groups is 1. The summed E-state index contributed by atoms with van der Waals surface area (Å²) >= 11 is 0. The normalized spacial score (nSPS) is 10.7. The number of rotatable bonds is 6. The molecule has 1 aromatic rings. The van der Waals surface area contributed by atoms with E-state index in [1.54, 1.807) is 24.3 Å². The number of nitrogens with zero attached hydrogens (tertiary/aromatic N) is 1. The molecule has 0 heterocycles. The van der Waals surface area contributed by atoms with Crippen molar-refractivity contribution in [1.82, 2.24) is 4.31 Å². The first-order valence-corrected chi connectivity index (χ1v) is 8.08. The maximum absolute atomic E-state index is 12.5. The Labute approximate surface area is 131 Å². The lowest BCUT2D eigenvalue weighted by Crippen LogP contribution is -2.31. The number of aryl methyl sites for hydroxylation is 1. The van der Waals surface area contributed by atoms with Crippen molar-refractivity contribution in [2.24, 2.45) is 0 Å². The summed E-state index contributed by atoms with van der Waals surface area (Å²) < 4.78 is 30.9. The van der Waals surface area contributed by atoms with E-state index in [-0.39, 0.29) is 24.6 Å². The van der Waals surface area contributed by atoms with E-state index in [1.807, 2.05) is 6.92 Å². The molecule has 0 amide bonds. The number of ether oxygens (including phenoxy) is 1. The summed E-state index contributed by atoms with van der Waals surface area (Å²) in [6, 6.07) is 6.61. The summed E-state index contributed by atoms with van der Waals surface area (Å²) in [7, 11) is -3.63. The lowest BCUT2D eigenvalue weighted by Gasteiger charge is -2.18. The molecule has 0 unspecified atom stereocenters. The molecule has 0 radical (unpaired) electrons. The molecule has 1 rings (SSSR count). The lowest BCUT2D eigenvalue weighted by molar-refractivity contribution is -0.139. The maximum atomic E-state index is 12.5. The topological polar surface area (TPSA) is 63.7 Å². The predicted molar refractivity (Wildman–Crippen MR) is 84.5 cm³/mol. The Hall–Kier alpha value is -2.10. The minimum atomic E-state index is -3.63. The highest BCUT2D eigenvalue weighted by molar-refractivity contribution is 7.89. The molecule has 0 aliphatic heterocycles. The van der Waals surface area contributed by atoms with E-state index in [0.717, 1.165) is 5.56 Å². The van der Waals surface area contributed by atoms with Crippen LogP contribution < -0.4 is 0 Å². The molecule has 0 aliphatic rings. The van der Waals surface area contributed by atoms with Gasteiger partial charge in [-0.3, -0.25) is 4.79 Å². The second-order valence-electron chi connectivity index (χ2n) is 4.53. The molecule has 22 heavy (non-hydrogen) atoms. The van der Waals surface area contributed by atoms with E-state index in [2.05, 4.69) is 23.2 Å². The SMILES string of the molecule is C=CCN(CC#CCOC(C)=O)S(=O)(=O)c1ccc(C)cc1. The molecule has 0 saturated heterocycles. The Morgan fingerprint density at radius 1 is 1.32 bits per heavy atom. The van der Waals surface area contributed by atoms with Gasteiger partial charge >= 0.3 is 5.97 Å². The summed E-state index contributed by atoms with van der Waals surface area (Å²) in [6.07, 6.45) is 1.50. The average Bonchev–Trinajstić information content (AvgIpc) is 2.46. The standard InChI is InChI=1S/C16H19NO4S/c1-4-11-17(12-5-6-13-21-15(3)18)22(19,20)16-9-7-14(2)8-10-16/h4,7-10H,1,11-13H2,2-3H3. The van der Waals surface area contributed by atoms with Gasteiger partial charge in [-0.25, -0.2) is 8.42 Å². The van der Waals surface area contributed by atoms with Crippen LogP contribution in [0.4, 0.5) is 0 Å². The summed E-state index contributed by atoms with van der Waals surface area (Å²) in [5.41, 5.74) is 0.982. The molecule has 0 saturated carbocycles. The molecule has 5 nitrogen and oxygen atoms in total. The van der Waals surface area contributed by atoms with Crippen LogP contribution >= 0.6 is 0 Å². The van der Waals surface area contributed by atoms with Gasteiger partial charge in [-0.05, 0) is 19.1 Å². The van der Waals surface area contributed by atoms with Crippen LogP contribution in [0.25, 0.3) is 0 Å². The second-order valence-corrected chi connectivity index (χ2v) is 6.47. The van der Waals surface area contributed by atoms with Gasteiger partial charge in [0, 0.05) is 13.5 Å². The fourth-order valence-electron chi connectivity index (χ4n) is 1.58. The van der Waals surface area contributed by atoms with Gasteiger partial charge in [0.05, 0.1) is 11.4 Å². The van der Waals surface area contributed by atoms with Crippen LogP contribution in [0.5, 0.6) is 0 Å². The zero-order valence-corrected chi connectivity index (χ0v) is 13.5. The van der Waals surface area contributed by atoms with Crippen LogP contribution in [0.1, 0.15) is 12.5 Å². The first-order chi connectivity index (χ1) is 10.4. The number of benzene rings is 1. The lowest BCUT2D eigenvalue weighted by atomic mass is 10.2. The third kappa shape index (κ3) is 5.35. The quantitative estimate of drug-likeness (QED) is 0.455. The van der Waals surface area contributed by atoms with E-state index in [1.165, 1.54) is 17.3 Å². The zero-order chi connectivity index (χ0) is 16.6. The minimum absolute atomic E-state index is 0.00347. The molecule has 0 atom stereocenters. The van der Waals surface area contributed by atoms with Gasteiger partial charge in [0.1, 0.15) is 0 Å². The third-order valence-corrected chi connectivity index (χ3v) is 4.55. The van der Waals surface area contributed by atoms with E-state index >= 15 is 0 Å². The van der Waals surface area contributed by atoms with Crippen LogP contribution in [-0.4, -0.2) is 38.4 Å². The van der Waals surface area contributed by atoms with Crippen molar-refractivity contribution >= 4 is 16.0 Å². The van der Waals surface area contributed by atoms with Crippen molar-refractivity contribution in [2.75, 3.05) is 19.7 Å². The Kier molecular flexibility index (Phi) is 6.83. The van der Waals surface area contributed by atoms with Crippen LogP contribution in [-0.2, 0) is 19.6 Å².